The average Bonchev–Trinajstić information content (AvgIpc) is 2.99. The largest absolute Gasteiger partial charge is 0.415 e. The molecule has 0 aromatic heterocycles. The lowest BCUT2D eigenvalue weighted by molar-refractivity contribution is 0.0666. The fourth-order valence-electron chi connectivity index (χ4n) is 5.49. The molecule has 0 saturated heterocycles. The third-order valence-corrected chi connectivity index (χ3v) is 13.4. The Kier molecular flexibility index (Phi) is 13.6. The summed E-state index contributed by atoms with van der Waals surface area (Å²) in [5.74, 6) is 0. The molecule has 0 aliphatic heterocycles. The van der Waals surface area contributed by atoms with Gasteiger partial charge in [0.05, 0.1) is 6.10 Å². The standard InChI is InChI=1S/C40H56N2O3Si/c1-31(2)42(32(3)4)39(43)44-27-26-33(5)38(45-46(9,10)40(6,7)8)37(28-34-20-14-11-15-21-34)41(29-35-22-16-12-17-23-35)30-36-24-18-13-19-25-36/h11-25,27,31-32,37-38H,28-30H2,1-10H3/t26?,37-,38+/m0/s1. The molecule has 0 fully saturated rings. The number of hydrogen-bond acceptors (Lipinski definition) is 4. The molecule has 1 amide bonds. The van der Waals surface area contributed by atoms with E-state index in [2.05, 4.69) is 142 Å². The highest BCUT2D eigenvalue weighted by molar-refractivity contribution is 6.74. The summed E-state index contributed by atoms with van der Waals surface area (Å²) in [6, 6.07) is 32.0. The van der Waals surface area contributed by atoms with Crippen LogP contribution in [-0.4, -0.2) is 48.4 Å². The van der Waals surface area contributed by atoms with Crippen molar-refractivity contribution in [2.24, 2.45) is 0 Å². The summed E-state index contributed by atoms with van der Waals surface area (Å²) in [7, 11) is -2.27. The van der Waals surface area contributed by atoms with Gasteiger partial charge in [-0.25, -0.2) is 4.79 Å². The first-order valence-electron chi connectivity index (χ1n) is 16.6. The van der Waals surface area contributed by atoms with Crippen LogP contribution in [0.25, 0.3) is 0 Å². The highest BCUT2D eigenvalue weighted by Gasteiger charge is 2.42. The Morgan fingerprint density at radius 1 is 0.783 bits per heavy atom. The van der Waals surface area contributed by atoms with E-state index in [1.54, 1.807) is 4.90 Å². The van der Waals surface area contributed by atoms with E-state index in [0.717, 1.165) is 25.1 Å². The first kappa shape index (κ1) is 37.0. The van der Waals surface area contributed by atoms with Crippen molar-refractivity contribution in [3.63, 3.8) is 0 Å². The van der Waals surface area contributed by atoms with Gasteiger partial charge in [-0.1, -0.05) is 117 Å². The predicted molar refractivity (Wildman–Crippen MR) is 194 cm³/mol. The third kappa shape index (κ3) is 10.8. The number of carbonyl (C=O) groups excluding carboxylic acids is 1. The molecule has 3 aromatic carbocycles. The first-order valence-corrected chi connectivity index (χ1v) is 19.5. The SMILES string of the molecule is CC(=C=COC(=O)N(C(C)C)C(C)C)[C@@H](O[Si](C)(C)C(C)(C)C)[C@H](Cc1ccccc1)N(Cc1ccccc1)Cc1ccccc1. The van der Waals surface area contributed by atoms with Gasteiger partial charge in [-0.05, 0) is 75.9 Å². The average molecular weight is 641 g/mol. The molecule has 0 N–H and O–H groups in total. The van der Waals surface area contributed by atoms with Crippen molar-refractivity contribution < 1.29 is 14.0 Å². The molecule has 46 heavy (non-hydrogen) atoms. The van der Waals surface area contributed by atoms with Crippen molar-refractivity contribution in [2.75, 3.05) is 0 Å². The molecule has 0 heterocycles. The second-order valence-electron chi connectivity index (χ2n) is 14.4. The maximum Gasteiger partial charge on any atom is 0.415 e. The summed E-state index contributed by atoms with van der Waals surface area (Å²) in [5, 5.41) is -0.00225. The van der Waals surface area contributed by atoms with E-state index in [-0.39, 0.29) is 35.4 Å². The molecule has 0 aliphatic rings. The van der Waals surface area contributed by atoms with Crippen LogP contribution < -0.4 is 0 Å². The minimum absolute atomic E-state index is 0.00225. The number of rotatable bonds is 14. The lowest BCUT2D eigenvalue weighted by Crippen LogP contribution is -2.52. The van der Waals surface area contributed by atoms with Crippen LogP contribution in [0, 0.1) is 0 Å². The molecule has 0 radical (unpaired) electrons. The third-order valence-electron chi connectivity index (χ3n) is 8.99. The van der Waals surface area contributed by atoms with Crippen molar-refractivity contribution in [2.45, 2.75) is 117 Å². The molecule has 0 aliphatic carbocycles. The molecular weight excluding hydrogens is 585 g/mol. The van der Waals surface area contributed by atoms with Crippen molar-refractivity contribution in [1.82, 2.24) is 9.80 Å². The topological polar surface area (TPSA) is 42.0 Å². The van der Waals surface area contributed by atoms with Gasteiger partial charge in [0.15, 0.2) is 8.32 Å². The summed E-state index contributed by atoms with van der Waals surface area (Å²) in [6.07, 6.45) is 1.54. The summed E-state index contributed by atoms with van der Waals surface area (Å²) in [5.41, 5.74) is 8.01. The molecule has 248 valence electrons. The highest BCUT2D eigenvalue weighted by atomic mass is 28.4. The Morgan fingerprint density at radius 3 is 1.63 bits per heavy atom. The zero-order chi connectivity index (χ0) is 33.9. The highest BCUT2D eigenvalue weighted by Crippen LogP contribution is 2.39. The maximum atomic E-state index is 13.0. The van der Waals surface area contributed by atoms with Gasteiger partial charge < -0.3 is 14.1 Å². The number of carbonyl (C=O) groups is 1. The van der Waals surface area contributed by atoms with E-state index in [1.807, 2.05) is 27.7 Å². The van der Waals surface area contributed by atoms with Crippen molar-refractivity contribution >= 4 is 14.4 Å². The van der Waals surface area contributed by atoms with Crippen LogP contribution in [0.5, 0.6) is 0 Å². The molecule has 0 saturated carbocycles. The van der Waals surface area contributed by atoms with Gasteiger partial charge in [0.25, 0.3) is 0 Å². The van der Waals surface area contributed by atoms with E-state index in [9.17, 15) is 4.79 Å². The van der Waals surface area contributed by atoms with Crippen LogP contribution in [0.15, 0.2) is 109 Å². The molecule has 5 nitrogen and oxygen atoms in total. The number of amides is 1. The number of benzene rings is 3. The molecular formula is C40H56N2O3Si. The van der Waals surface area contributed by atoms with Gasteiger partial charge in [-0.2, -0.15) is 0 Å². The van der Waals surface area contributed by atoms with Crippen molar-refractivity contribution in [1.29, 1.82) is 0 Å². The van der Waals surface area contributed by atoms with E-state index in [0.29, 0.717) is 0 Å². The Balaban J connectivity index is 2.16. The quantitative estimate of drug-likeness (QED) is 0.0999. The van der Waals surface area contributed by atoms with Crippen LogP contribution in [0.4, 0.5) is 4.79 Å². The van der Waals surface area contributed by atoms with Gasteiger partial charge in [-0.15, -0.1) is 0 Å². The first-order chi connectivity index (χ1) is 21.7. The lowest BCUT2D eigenvalue weighted by atomic mass is 9.94. The molecule has 2 atom stereocenters. The molecule has 3 aromatic rings. The second-order valence-corrected chi connectivity index (χ2v) is 19.1. The Bertz CT molecular complexity index is 1360. The lowest BCUT2D eigenvalue weighted by Gasteiger charge is -2.44. The van der Waals surface area contributed by atoms with Crippen LogP contribution >= 0.6 is 0 Å². The van der Waals surface area contributed by atoms with E-state index in [1.165, 1.54) is 23.0 Å². The van der Waals surface area contributed by atoms with Gasteiger partial charge in [-0.3, -0.25) is 4.90 Å². The van der Waals surface area contributed by atoms with Crippen LogP contribution in [0.2, 0.25) is 18.1 Å². The maximum absolute atomic E-state index is 13.0. The zero-order valence-electron chi connectivity index (χ0n) is 29.8. The minimum atomic E-state index is -2.27. The van der Waals surface area contributed by atoms with Gasteiger partial charge in [0.2, 0.25) is 0 Å². The summed E-state index contributed by atoms with van der Waals surface area (Å²) < 4.78 is 13.0. The second kappa shape index (κ2) is 16.9. The summed E-state index contributed by atoms with van der Waals surface area (Å²) in [4.78, 5) is 17.3. The molecule has 0 unspecified atom stereocenters. The van der Waals surface area contributed by atoms with Crippen LogP contribution in [0.1, 0.15) is 72.1 Å². The molecule has 3 rings (SSSR count). The van der Waals surface area contributed by atoms with Crippen molar-refractivity contribution in [3.8, 4) is 0 Å². The Hall–Kier alpha value is -3.41. The Morgan fingerprint density at radius 2 is 1.22 bits per heavy atom. The van der Waals surface area contributed by atoms with Gasteiger partial charge in [0.1, 0.15) is 6.26 Å². The monoisotopic (exact) mass is 640 g/mol. The summed E-state index contributed by atoms with van der Waals surface area (Å²) >= 11 is 0. The normalized spacial score (nSPS) is 13.3. The number of nitrogens with zero attached hydrogens (tertiary/aromatic N) is 2. The van der Waals surface area contributed by atoms with Crippen LogP contribution in [0.3, 0.4) is 0 Å². The minimum Gasteiger partial charge on any atom is -0.410 e. The smallest absolute Gasteiger partial charge is 0.410 e. The van der Waals surface area contributed by atoms with Gasteiger partial charge in [0, 0.05) is 36.8 Å². The Labute approximate surface area is 280 Å². The molecule has 6 heteroatoms. The van der Waals surface area contributed by atoms with Crippen LogP contribution in [-0.2, 0) is 28.7 Å². The number of ether oxygens (including phenoxy) is 1. The fourth-order valence-corrected chi connectivity index (χ4v) is 6.82. The number of hydrogen-bond donors (Lipinski definition) is 0. The van der Waals surface area contributed by atoms with E-state index in [4.69, 9.17) is 9.16 Å². The van der Waals surface area contributed by atoms with Gasteiger partial charge >= 0.3 is 6.09 Å². The fraction of sp³-hybridized carbons (Fsp3) is 0.450. The van der Waals surface area contributed by atoms with E-state index < -0.39 is 8.32 Å². The van der Waals surface area contributed by atoms with E-state index >= 15 is 0 Å². The molecule has 0 spiro atoms. The summed E-state index contributed by atoms with van der Waals surface area (Å²) in [6.45, 7) is 23.0. The zero-order valence-corrected chi connectivity index (χ0v) is 30.8. The molecule has 0 bridgehead atoms. The predicted octanol–water partition coefficient (Wildman–Crippen LogP) is 10.0. The van der Waals surface area contributed by atoms with Crippen molar-refractivity contribution in [3.05, 3.63) is 125 Å².